The highest BCUT2D eigenvalue weighted by molar-refractivity contribution is 14.0. The van der Waals surface area contributed by atoms with Crippen molar-refractivity contribution in [2.75, 3.05) is 20.1 Å². The van der Waals surface area contributed by atoms with E-state index in [9.17, 15) is 0 Å². The Morgan fingerprint density at radius 1 is 1.39 bits per heavy atom. The van der Waals surface area contributed by atoms with Gasteiger partial charge in [0.1, 0.15) is 5.76 Å². The molecule has 1 aromatic rings. The molecule has 1 fully saturated rings. The van der Waals surface area contributed by atoms with E-state index < -0.39 is 0 Å². The Bertz CT molecular complexity index is 391. The Labute approximate surface area is 125 Å². The molecule has 18 heavy (non-hydrogen) atoms. The monoisotopic (exact) mass is 364 g/mol. The van der Waals surface area contributed by atoms with Crippen molar-refractivity contribution >= 4 is 29.9 Å². The van der Waals surface area contributed by atoms with Crippen LogP contribution in [-0.4, -0.2) is 36.2 Å². The van der Waals surface area contributed by atoms with Crippen molar-refractivity contribution in [1.82, 2.24) is 15.4 Å². The van der Waals surface area contributed by atoms with Crippen molar-refractivity contribution in [3.8, 4) is 0 Å². The lowest BCUT2D eigenvalue weighted by atomic mass is 10.2. The van der Waals surface area contributed by atoms with Gasteiger partial charge in [0.15, 0.2) is 5.96 Å². The van der Waals surface area contributed by atoms with Crippen molar-refractivity contribution in [2.45, 2.75) is 33.2 Å². The molecule has 1 aromatic heterocycles. The topological polar surface area (TPSA) is 53.7 Å². The zero-order valence-electron chi connectivity index (χ0n) is 11.2. The molecule has 0 amide bonds. The molecule has 0 bridgehead atoms. The number of aliphatic imine (C=N–C) groups is 1. The van der Waals surface area contributed by atoms with E-state index in [0.717, 1.165) is 42.6 Å². The number of aromatic nitrogens is 1. The number of likely N-dealkylation sites (tertiary alicyclic amines) is 1. The molecule has 102 valence electrons. The van der Waals surface area contributed by atoms with Crippen LogP contribution < -0.4 is 5.32 Å². The summed E-state index contributed by atoms with van der Waals surface area (Å²) in [5.74, 6) is 1.86. The minimum absolute atomic E-state index is 0. The van der Waals surface area contributed by atoms with Crippen molar-refractivity contribution < 1.29 is 4.52 Å². The fourth-order valence-corrected chi connectivity index (χ4v) is 2.18. The van der Waals surface area contributed by atoms with Crippen LogP contribution in [0.4, 0.5) is 0 Å². The summed E-state index contributed by atoms with van der Waals surface area (Å²) in [5.41, 5.74) is 2.08. The van der Waals surface area contributed by atoms with Crippen LogP contribution in [0.3, 0.4) is 0 Å². The van der Waals surface area contributed by atoms with Crippen molar-refractivity contribution in [3.63, 3.8) is 0 Å². The number of nitrogens with zero attached hydrogens (tertiary/aromatic N) is 3. The number of hydrogen-bond acceptors (Lipinski definition) is 3. The summed E-state index contributed by atoms with van der Waals surface area (Å²) in [6.07, 6.45) is 2.51. The van der Waals surface area contributed by atoms with Gasteiger partial charge < -0.3 is 14.7 Å². The summed E-state index contributed by atoms with van der Waals surface area (Å²) in [6, 6.07) is 0. The molecule has 2 rings (SSSR count). The van der Waals surface area contributed by atoms with Crippen LogP contribution in [0.1, 0.15) is 29.9 Å². The van der Waals surface area contributed by atoms with Crippen LogP contribution in [0.2, 0.25) is 0 Å². The molecular weight excluding hydrogens is 343 g/mol. The Balaban J connectivity index is 0.00000162. The summed E-state index contributed by atoms with van der Waals surface area (Å²) in [6.45, 7) is 6.83. The summed E-state index contributed by atoms with van der Waals surface area (Å²) in [4.78, 5) is 6.60. The van der Waals surface area contributed by atoms with Gasteiger partial charge in [-0.3, -0.25) is 4.99 Å². The van der Waals surface area contributed by atoms with Crippen molar-refractivity contribution in [1.29, 1.82) is 0 Å². The quantitative estimate of drug-likeness (QED) is 0.496. The summed E-state index contributed by atoms with van der Waals surface area (Å²) < 4.78 is 5.14. The third kappa shape index (κ3) is 3.37. The van der Waals surface area contributed by atoms with Gasteiger partial charge in [0.25, 0.3) is 0 Å². The molecule has 1 aliphatic rings. The van der Waals surface area contributed by atoms with Gasteiger partial charge in [-0.2, -0.15) is 0 Å². The van der Waals surface area contributed by atoms with E-state index in [2.05, 4.69) is 20.4 Å². The molecule has 5 nitrogen and oxygen atoms in total. The highest BCUT2D eigenvalue weighted by Crippen LogP contribution is 2.12. The number of nitrogens with one attached hydrogen (secondary N) is 1. The lowest BCUT2D eigenvalue weighted by Gasteiger charge is -2.20. The van der Waals surface area contributed by atoms with E-state index in [1.807, 2.05) is 20.9 Å². The standard InChI is InChI=1S/C12H20N4O.HI/c1-9-11(10(2)17-15-9)8-14-12(13-3)16-6-4-5-7-16;/h4-8H2,1-3H3,(H,13,14);1H. The van der Waals surface area contributed by atoms with E-state index >= 15 is 0 Å². The van der Waals surface area contributed by atoms with Crippen LogP contribution >= 0.6 is 24.0 Å². The van der Waals surface area contributed by atoms with Gasteiger partial charge in [0.05, 0.1) is 5.69 Å². The minimum Gasteiger partial charge on any atom is -0.361 e. The third-order valence-corrected chi connectivity index (χ3v) is 3.22. The van der Waals surface area contributed by atoms with E-state index in [-0.39, 0.29) is 24.0 Å². The molecule has 0 radical (unpaired) electrons. The molecule has 0 unspecified atom stereocenters. The molecule has 1 saturated heterocycles. The van der Waals surface area contributed by atoms with Gasteiger partial charge in [0, 0.05) is 32.2 Å². The number of aryl methyl sites for hydroxylation is 2. The van der Waals surface area contributed by atoms with Gasteiger partial charge >= 0.3 is 0 Å². The van der Waals surface area contributed by atoms with Gasteiger partial charge in [-0.25, -0.2) is 0 Å². The Morgan fingerprint density at radius 2 is 2.06 bits per heavy atom. The highest BCUT2D eigenvalue weighted by atomic mass is 127. The number of halogens is 1. The average Bonchev–Trinajstić information content (AvgIpc) is 2.94. The summed E-state index contributed by atoms with van der Waals surface area (Å²) in [7, 11) is 1.83. The second-order valence-corrected chi connectivity index (χ2v) is 4.40. The molecular formula is C12H21IN4O. The Kier molecular flexibility index (Phi) is 5.90. The zero-order valence-corrected chi connectivity index (χ0v) is 13.5. The first-order chi connectivity index (χ1) is 8.22. The average molecular weight is 364 g/mol. The second kappa shape index (κ2) is 6.96. The van der Waals surface area contributed by atoms with Gasteiger partial charge in [-0.15, -0.1) is 24.0 Å². The molecule has 1 N–H and O–H groups in total. The zero-order chi connectivity index (χ0) is 12.3. The van der Waals surface area contributed by atoms with Crippen molar-refractivity contribution in [3.05, 3.63) is 17.0 Å². The van der Waals surface area contributed by atoms with Crippen LogP contribution in [0, 0.1) is 13.8 Å². The summed E-state index contributed by atoms with van der Waals surface area (Å²) >= 11 is 0. The predicted molar refractivity (Wildman–Crippen MR) is 82.4 cm³/mol. The normalized spacial score (nSPS) is 15.7. The second-order valence-electron chi connectivity index (χ2n) is 4.40. The van der Waals surface area contributed by atoms with Crippen LogP contribution in [0.5, 0.6) is 0 Å². The molecule has 0 spiro atoms. The SMILES string of the molecule is CN=C(NCc1c(C)noc1C)N1CCCC1.I. The number of guanidine groups is 1. The van der Waals surface area contributed by atoms with Crippen molar-refractivity contribution in [2.24, 2.45) is 4.99 Å². The van der Waals surface area contributed by atoms with Gasteiger partial charge in [-0.05, 0) is 26.7 Å². The molecule has 0 aromatic carbocycles. The largest absolute Gasteiger partial charge is 0.361 e. The van der Waals surface area contributed by atoms with Crippen LogP contribution in [-0.2, 0) is 6.54 Å². The Hall–Kier alpha value is -0.790. The lowest BCUT2D eigenvalue weighted by molar-refractivity contribution is 0.392. The summed E-state index contributed by atoms with van der Waals surface area (Å²) in [5, 5.41) is 7.32. The van der Waals surface area contributed by atoms with Crippen LogP contribution in [0.25, 0.3) is 0 Å². The first-order valence-corrected chi connectivity index (χ1v) is 6.09. The first kappa shape index (κ1) is 15.3. The molecule has 0 saturated carbocycles. The van der Waals surface area contributed by atoms with Crippen LogP contribution in [0.15, 0.2) is 9.52 Å². The maximum absolute atomic E-state index is 5.14. The van der Waals surface area contributed by atoms with Gasteiger partial charge in [-0.1, -0.05) is 5.16 Å². The minimum atomic E-state index is 0. The Morgan fingerprint density at radius 3 is 2.56 bits per heavy atom. The fraction of sp³-hybridized carbons (Fsp3) is 0.667. The third-order valence-electron chi connectivity index (χ3n) is 3.22. The first-order valence-electron chi connectivity index (χ1n) is 6.09. The highest BCUT2D eigenvalue weighted by Gasteiger charge is 2.16. The number of hydrogen-bond donors (Lipinski definition) is 1. The van der Waals surface area contributed by atoms with E-state index in [0.29, 0.717) is 0 Å². The van der Waals surface area contributed by atoms with E-state index in [4.69, 9.17) is 4.52 Å². The molecule has 0 aliphatic carbocycles. The maximum atomic E-state index is 5.14. The number of rotatable bonds is 2. The van der Waals surface area contributed by atoms with E-state index in [1.165, 1.54) is 12.8 Å². The van der Waals surface area contributed by atoms with E-state index in [1.54, 1.807) is 0 Å². The lowest BCUT2D eigenvalue weighted by Crippen LogP contribution is -2.39. The molecule has 1 aliphatic heterocycles. The van der Waals surface area contributed by atoms with Gasteiger partial charge in [0.2, 0.25) is 0 Å². The fourth-order valence-electron chi connectivity index (χ4n) is 2.18. The predicted octanol–water partition coefficient (Wildman–Crippen LogP) is 2.08. The smallest absolute Gasteiger partial charge is 0.193 e. The molecule has 6 heteroatoms. The maximum Gasteiger partial charge on any atom is 0.193 e. The molecule has 0 atom stereocenters. The molecule has 2 heterocycles.